The molecule has 0 radical (unpaired) electrons. The molecule has 3 nitrogen and oxygen atoms in total. The quantitative estimate of drug-likeness (QED) is 0.589. The smallest absolute Gasteiger partial charge is 0.306 e. The minimum Gasteiger partial charge on any atom is -0.481 e. The zero-order valence-corrected chi connectivity index (χ0v) is 7.71. The molecule has 0 aromatic rings. The molecule has 0 rings (SSSR count). The molecule has 0 aromatic heterocycles. The molecule has 0 spiro atoms. The number of carbonyl (C=O) groups is 1. The summed E-state index contributed by atoms with van der Waals surface area (Å²) in [5.41, 5.74) is 0. The van der Waals surface area contributed by atoms with Crippen LogP contribution in [0.1, 0.15) is 13.3 Å². The molecule has 3 heteroatoms. The average Bonchev–Trinajstić information content (AvgIpc) is 2.05. The van der Waals surface area contributed by atoms with Crippen molar-refractivity contribution in [2.24, 2.45) is 11.8 Å². The molecule has 0 heterocycles. The van der Waals surface area contributed by atoms with Gasteiger partial charge in [-0.3, -0.25) is 4.79 Å². The Hall–Kier alpha value is -0.830. The average molecular weight is 171 g/mol. The second-order valence-electron chi connectivity index (χ2n) is 2.92. The van der Waals surface area contributed by atoms with Crippen LogP contribution in [0.2, 0.25) is 0 Å². The molecule has 0 aliphatic heterocycles. The van der Waals surface area contributed by atoms with Crippen LogP contribution in [0, 0.1) is 11.8 Å². The molecule has 2 N–H and O–H groups in total. The molecule has 0 fully saturated rings. The van der Waals surface area contributed by atoms with Gasteiger partial charge in [-0.05, 0) is 25.9 Å². The highest BCUT2D eigenvalue weighted by Gasteiger charge is 2.19. The van der Waals surface area contributed by atoms with E-state index >= 15 is 0 Å². The van der Waals surface area contributed by atoms with E-state index in [1.54, 1.807) is 13.0 Å². The molecular formula is C9H17NO2. The van der Waals surface area contributed by atoms with Gasteiger partial charge in [-0.2, -0.15) is 0 Å². The Morgan fingerprint density at radius 2 is 2.33 bits per heavy atom. The van der Waals surface area contributed by atoms with Gasteiger partial charge in [0.15, 0.2) is 0 Å². The van der Waals surface area contributed by atoms with E-state index in [1.165, 1.54) is 0 Å². The number of carboxylic acid groups (broad SMARTS) is 1. The van der Waals surface area contributed by atoms with Crippen LogP contribution in [0.5, 0.6) is 0 Å². The lowest BCUT2D eigenvalue weighted by Gasteiger charge is -2.16. The number of allylic oxidation sites excluding steroid dienone is 1. The van der Waals surface area contributed by atoms with Gasteiger partial charge in [0.05, 0.1) is 5.92 Å². The highest BCUT2D eigenvalue weighted by Crippen LogP contribution is 2.16. The molecule has 0 aromatic carbocycles. The molecule has 70 valence electrons. The van der Waals surface area contributed by atoms with Crippen LogP contribution in [0.15, 0.2) is 12.7 Å². The summed E-state index contributed by atoms with van der Waals surface area (Å²) >= 11 is 0. The van der Waals surface area contributed by atoms with Gasteiger partial charge in [-0.15, -0.1) is 6.58 Å². The first kappa shape index (κ1) is 11.2. The van der Waals surface area contributed by atoms with Gasteiger partial charge >= 0.3 is 5.97 Å². The summed E-state index contributed by atoms with van der Waals surface area (Å²) in [5.74, 6) is -1.03. The van der Waals surface area contributed by atoms with Crippen LogP contribution in [0.25, 0.3) is 0 Å². The predicted molar refractivity (Wildman–Crippen MR) is 49.0 cm³/mol. The lowest BCUT2D eigenvalue weighted by atomic mass is 9.91. The summed E-state index contributed by atoms with van der Waals surface area (Å²) in [6.45, 7) is 6.17. The second-order valence-corrected chi connectivity index (χ2v) is 2.92. The van der Waals surface area contributed by atoms with Crippen molar-refractivity contribution in [3.05, 3.63) is 12.7 Å². The summed E-state index contributed by atoms with van der Waals surface area (Å²) in [6, 6.07) is 0. The van der Waals surface area contributed by atoms with E-state index in [9.17, 15) is 4.79 Å². The standard InChI is InChI=1S/C9H17NO2/c1-4-8(5-6-10-3)7(2)9(11)12/h4,7-8,10H,1,5-6H2,2-3H3,(H,11,12)/t7-,8+/m0/s1. The third-order valence-corrected chi connectivity index (χ3v) is 2.06. The summed E-state index contributed by atoms with van der Waals surface area (Å²) in [6.07, 6.45) is 2.55. The fraction of sp³-hybridized carbons (Fsp3) is 0.667. The van der Waals surface area contributed by atoms with E-state index in [1.807, 2.05) is 7.05 Å². The van der Waals surface area contributed by atoms with Gasteiger partial charge in [0, 0.05) is 0 Å². The summed E-state index contributed by atoms with van der Waals surface area (Å²) in [5, 5.41) is 11.7. The Bertz CT molecular complexity index is 157. The van der Waals surface area contributed by atoms with E-state index in [4.69, 9.17) is 5.11 Å². The van der Waals surface area contributed by atoms with Crippen molar-refractivity contribution >= 4 is 5.97 Å². The van der Waals surface area contributed by atoms with Crippen molar-refractivity contribution in [2.75, 3.05) is 13.6 Å². The van der Waals surface area contributed by atoms with Gasteiger partial charge in [0.2, 0.25) is 0 Å². The van der Waals surface area contributed by atoms with E-state index in [0.717, 1.165) is 13.0 Å². The van der Waals surface area contributed by atoms with E-state index in [2.05, 4.69) is 11.9 Å². The van der Waals surface area contributed by atoms with Crippen molar-refractivity contribution in [1.29, 1.82) is 0 Å². The lowest BCUT2D eigenvalue weighted by Crippen LogP contribution is -2.22. The molecule has 0 saturated carbocycles. The molecule has 0 aliphatic rings. The number of carboxylic acids is 1. The first-order valence-corrected chi connectivity index (χ1v) is 4.13. The Labute approximate surface area is 73.5 Å². The van der Waals surface area contributed by atoms with Crippen LogP contribution in [0.3, 0.4) is 0 Å². The topological polar surface area (TPSA) is 49.3 Å². The van der Waals surface area contributed by atoms with E-state index < -0.39 is 5.97 Å². The number of nitrogens with one attached hydrogen (secondary N) is 1. The zero-order valence-electron chi connectivity index (χ0n) is 7.71. The molecule has 12 heavy (non-hydrogen) atoms. The molecule has 0 bridgehead atoms. The monoisotopic (exact) mass is 171 g/mol. The second kappa shape index (κ2) is 5.77. The van der Waals surface area contributed by atoms with Crippen LogP contribution in [0.4, 0.5) is 0 Å². The Kier molecular flexibility index (Phi) is 5.37. The van der Waals surface area contributed by atoms with Gasteiger partial charge in [-0.25, -0.2) is 0 Å². The fourth-order valence-corrected chi connectivity index (χ4v) is 1.07. The Morgan fingerprint density at radius 1 is 1.75 bits per heavy atom. The molecule has 2 atom stereocenters. The first-order valence-electron chi connectivity index (χ1n) is 4.13. The number of hydrogen-bond donors (Lipinski definition) is 2. The molecule has 0 unspecified atom stereocenters. The van der Waals surface area contributed by atoms with Gasteiger partial charge in [0.1, 0.15) is 0 Å². The van der Waals surface area contributed by atoms with Gasteiger partial charge in [0.25, 0.3) is 0 Å². The summed E-state index contributed by atoms with van der Waals surface area (Å²) in [4.78, 5) is 10.6. The minimum atomic E-state index is -0.754. The highest BCUT2D eigenvalue weighted by atomic mass is 16.4. The third-order valence-electron chi connectivity index (χ3n) is 2.06. The zero-order chi connectivity index (χ0) is 9.56. The maximum absolute atomic E-state index is 10.6. The molecule has 0 saturated heterocycles. The fourth-order valence-electron chi connectivity index (χ4n) is 1.07. The minimum absolute atomic E-state index is 0.0648. The summed E-state index contributed by atoms with van der Waals surface area (Å²) < 4.78 is 0. The third kappa shape index (κ3) is 3.53. The van der Waals surface area contributed by atoms with E-state index in [0.29, 0.717) is 0 Å². The summed E-state index contributed by atoms with van der Waals surface area (Å²) in [7, 11) is 1.85. The lowest BCUT2D eigenvalue weighted by molar-refractivity contribution is -0.142. The molecular weight excluding hydrogens is 154 g/mol. The number of rotatable bonds is 6. The highest BCUT2D eigenvalue weighted by molar-refractivity contribution is 5.70. The maximum atomic E-state index is 10.6. The van der Waals surface area contributed by atoms with Crippen LogP contribution < -0.4 is 5.32 Å². The SMILES string of the molecule is C=C[C@H](CCNC)[C@H](C)C(=O)O. The number of hydrogen-bond acceptors (Lipinski definition) is 2. The van der Waals surface area contributed by atoms with E-state index in [-0.39, 0.29) is 11.8 Å². The van der Waals surface area contributed by atoms with Gasteiger partial charge < -0.3 is 10.4 Å². The van der Waals surface area contributed by atoms with Crippen molar-refractivity contribution in [3.8, 4) is 0 Å². The number of aliphatic carboxylic acids is 1. The predicted octanol–water partition coefficient (Wildman–Crippen LogP) is 1.12. The first-order chi connectivity index (χ1) is 5.63. The largest absolute Gasteiger partial charge is 0.481 e. The normalized spacial score (nSPS) is 15.2. The van der Waals surface area contributed by atoms with Crippen molar-refractivity contribution < 1.29 is 9.90 Å². The van der Waals surface area contributed by atoms with Crippen molar-refractivity contribution in [1.82, 2.24) is 5.32 Å². The van der Waals surface area contributed by atoms with Crippen LogP contribution in [-0.4, -0.2) is 24.7 Å². The maximum Gasteiger partial charge on any atom is 0.306 e. The van der Waals surface area contributed by atoms with Crippen molar-refractivity contribution in [3.63, 3.8) is 0 Å². The molecule has 0 amide bonds. The van der Waals surface area contributed by atoms with Crippen molar-refractivity contribution in [2.45, 2.75) is 13.3 Å². The van der Waals surface area contributed by atoms with Crippen LogP contribution >= 0.6 is 0 Å². The Balaban J connectivity index is 3.95. The van der Waals surface area contributed by atoms with Crippen LogP contribution in [-0.2, 0) is 4.79 Å². The van der Waals surface area contributed by atoms with Gasteiger partial charge in [-0.1, -0.05) is 13.0 Å². The Morgan fingerprint density at radius 3 is 2.67 bits per heavy atom. The molecule has 0 aliphatic carbocycles.